The van der Waals surface area contributed by atoms with Crippen LogP contribution in [-0.4, -0.2) is 0 Å². The zero-order chi connectivity index (χ0) is 8.48. The topological polar surface area (TPSA) is 0 Å². The molecule has 59 valence electrons. The van der Waals surface area contributed by atoms with E-state index in [0.29, 0.717) is 0 Å². The first-order chi connectivity index (χ1) is 5.00. The average Bonchev–Trinajstić information content (AvgIpc) is 1.86. The highest BCUT2D eigenvalue weighted by molar-refractivity contribution is 5.25. The van der Waals surface area contributed by atoms with Gasteiger partial charge in [-0.25, -0.2) is 4.39 Å². The maximum atomic E-state index is 12.7. The van der Waals surface area contributed by atoms with Gasteiger partial charge in [0.15, 0.2) is 0 Å². The van der Waals surface area contributed by atoms with Gasteiger partial charge in [0, 0.05) is 0 Å². The fourth-order valence-corrected chi connectivity index (χ4v) is 0.909. The Morgan fingerprint density at radius 1 is 1.36 bits per heavy atom. The Hall–Kier alpha value is -0.850. The molecule has 0 amide bonds. The number of rotatable bonds is 1. The molecule has 0 nitrogen and oxygen atoms in total. The molecule has 0 bridgehead atoms. The minimum absolute atomic E-state index is 0.195. The van der Waals surface area contributed by atoms with Crippen LogP contribution in [0, 0.1) is 12.7 Å². The molecule has 0 aliphatic rings. The Kier molecular flexibility index (Phi) is 1.99. The third kappa shape index (κ3) is 2.04. The molecule has 1 radical (unpaired) electrons. The van der Waals surface area contributed by atoms with E-state index in [2.05, 4.69) is 6.92 Å². The first-order valence-electron chi connectivity index (χ1n) is 3.61. The quantitative estimate of drug-likeness (QED) is 0.579. The highest BCUT2D eigenvalue weighted by Crippen LogP contribution is 2.21. The molecule has 1 heteroatoms. The van der Waals surface area contributed by atoms with E-state index in [1.54, 1.807) is 6.07 Å². The smallest absolute Gasteiger partial charge is 0.123 e. The minimum Gasteiger partial charge on any atom is -0.207 e. The van der Waals surface area contributed by atoms with Gasteiger partial charge in [-0.05, 0) is 30.0 Å². The molecule has 1 aromatic carbocycles. The molecule has 0 atom stereocenters. The Balaban J connectivity index is 3.06. The Morgan fingerprint density at radius 2 is 2.00 bits per heavy atom. The van der Waals surface area contributed by atoms with Gasteiger partial charge in [-0.15, -0.1) is 0 Å². The summed E-state index contributed by atoms with van der Waals surface area (Å²) in [7, 11) is 0. The normalized spacial score (nSPS) is 11.6. The van der Waals surface area contributed by atoms with Crippen molar-refractivity contribution in [1.82, 2.24) is 0 Å². The summed E-state index contributed by atoms with van der Waals surface area (Å²) in [5.74, 6) is -0.195. The van der Waals surface area contributed by atoms with Crippen molar-refractivity contribution in [3.63, 3.8) is 0 Å². The van der Waals surface area contributed by atoms with Crippen molar-refractivity contribution >= 4 is 0 Å². The van der Waals surface area contributed by atoms with Crippen molar-refractivity contribution in [1.29, 1.82) is 0 Å². The average molecular weight is 151 g/mol. The summed E-state index contributed by atoms with van der Waals surface area (Å²) >= 11 is 0. The molecule has 1 aromatic rings. The molecule has 0 heterocycles. The molecular weight excluding hydrogens is 139 g/mol. The molecule has 0 aromatic heterocycles. The second-order valence-electron chi connectivity index (χ2n) is 3.39. The summed E-state index contributed by atoms with van der Waals surface area (Å²) < 4.78 is 12.7. The van der Waals surface area contributed by atoms with E-state index in [4.69, 9.17) is 0 Å². The lowest BCUT2D eigenvalue weighted by atomic mass is 9.87. The molecule has 11 heavy (non-hydrogen) atoms. The maximum Gasteiger partial charge on any atom is 0.123 e. The molecule has 1 rings (SSSR count). The summed E-state index contributed by atoms with van der Waals surface area (Å²) in [4.78, 5) is 0. The lowest BCUT2D eigenvalue weighted by Gasteiger charge is -2.18. The third-order valence-electron chi connectivity index (χ3n) is 1.61. The maximum absolute atomic E-state index is 12.7. The standard InChI is InChI=1S/C10H12F/c1-10(2,3)8-5-4-6-9(11)7-8/h4-7H,1H2,2-3H3. The van der Waals surface area contributed by atoms with Gasteiger partial charge < -0.3 is 0 Å². The molecule has 0 N–H and O–H groups in total. The lowest BCUT2D eigenvalue weighted by Crippen LogP contribution is -2.11. The molecule has 0 aliphatic carbocycles. The predicted octanol–water partition coefficient (Wildman–Crippen LogP) is 2.94. The van der Waals surface area contributed by atoms with Gasteiger partial charge in [0.2, 0.25) is 0 Å². The van der Waals surface area contributed by atoms with Gasteiger partial charge in [-0.2, -0.15) is 0 Å². The minimum atomic E-state index is -0.206. The van der Waals surface area contributed by atoms with Crippen molar-refractivity contribution in [2.24, 2.45) is 0 Å². The van der Waals surface area contributed by atoms with Crippen LogP contribution in [0.3, 0.4) is 0 Å². The van der Waals surface area contributed by atoms with Crippen LogP contribution in [0.1, 0.15) is 19.4 Å². The van der Waals surface area contributed by atoms with Gasteiger partial charge >= 0.3 is 0 Å². The SMILES string of the molecule is [CH2]C(C)(C)c1cccc(F)c1. The molecule has 0 fully saturated rings. The van der Waals surface area contributed by atoms with Gasteiger partial charge in [0.1, 0.15) is 5.82 Å². The Morgan fingerprint density at radius 3 is 2.36 bits per heavy atom. The van der Waals surface area contributed by atoms with Crippen molar-refractivity contribution in [3.8, 4) is 0 Å². The largest absolute Gasteiger partial charge is 0.207 e. The summed E-state index contributed by atoms with van der Waals surface area (Å²) in [6.07, 6.45) is 0. The van der Waals surface area contributed by atoms with E-state index < -0.39 is 0 Å². The summed E-state index contributed by atoms with van der Waals surface area (Å²) in [6, 6.07) is 6.55. The zero-order valence-electron chi connectivity index (χ0n) is 6.89. The van der Waals surface area contributed by atoms with Crippen molar-refractivity contribution in [2.45, 2.75) is 19.3 Å². The second-order valence-corrected chi connectivity index (χ2v) is 3.39. The predicted molar refractivity (Wildman–Crippen MR) is 44.8 cm³/mol. The fraction of sp³-hybridized carbons (Fsp3) is 0.300. The van der Waals surface area contributed by atoms with Crippen LogP contribution in [0.2, 0.25) is 0 Å². The number of benzene rings is 1. The van der Waals surface area contributed by atoms with Crippen LogP contribution in [0.5, 0.6) is 0 Å². The highest BCUT2D eigenvalue weighted by Gasteiger charge is 2.13. The van der Waals surface area contributed by atoms with Gasteiger partial charge in [0.05, 0.1) is 0 Å². The first kappa shape index (κ1) is 8.25. The summed E-state index contributed by atoms with van der Waals surface area (Å²) in [5.41, 5.74) is 0.722. The Labute approximate surface area is 67.1 Å². The van der Waals surface area contributed by atoms with Crippen LogP contribution in [0.4, 0.5) is 4.39 Å². The van der Waals surface area contributed by atoms with Crippen LogP contribution in [0.25, 0.3) is 0 Å². The number of halogens is 1. The number of hydrogen-bond donors (Lipinski definition) is 0. The molecular formula is C10H12F. The van der Waals surface area contributed by atoms with Crippen molar-refractivity contribution < 1.29 is 4.39 Å². The summed E-state index contributed by atoms with van der Waals surface area (Å²) in [5, 5.41) is 0. The molecule has 0 spiro atoms. The molecule has 0 aliphatic heterocycles. The molecule has 0 saturated carbocycles. The van der Waals surface area contributed by atoms with E-state index in [0.717, 1.165) is 5.56 Å². The van der Waals surface area contributed by atoms with Gasteiger partial charge in [-0.1, -0.05) is 26.0 Å². The van der Waals surface area contributed by atoms with E-state index in [1.165, 1.54) is 12.1 Å². The van der Waals surface area contributed by atoms with E-state index >= 15 is 0 Å². The highest BCUT2D eigenvalue weighted by atomic mass is 19.1. The van der Waals surface area contributed by atoms with E-state index in [-0.39, 0.29) is 11.2 Å². The van der Waals surface area contributed by atoms with E-state index in [1.807, 2.05) is 19.9 Å². The second kappa shape index (κ2) is 2.65. The summed E-state index contributed by atoms with van der Waals surface area (Å²) in [6.45, 7) is 7.84. The van der Waals surface area contributed by atoms with Crippen LogP contribution >= 0.6 is 0 Å². The first-order valence-corrected chi connectivity index (χ1v) is 3.61. The van der Waals surface area contributed by atoms with Crippen LogP contribution in [-0.2, 0) is 5.41 Å². The van der Waals surface area contributed by atoms with Crippen LogP contribution < -0.4 is 0 Å². The zero-order valence-corrected chi connectivity index (χ0v) is 6.89. The Bertz CT molecular complexity index is 245. The van der Waals surface area contributed by atoms with Crippen molar-refractivity contribution in [2.75, 3.05) is 0 Å². The lowest BCUT2D eigenvalue weighted by molar-refractivity contribution is 0.608. The fourth-order valence-electron chi connectivity index (χ4n) is 0.909. The molecule has 0 saturated heterocycles. The molecule has 0 unspecified atom stereocenters. The van der Waals surface area contributed by atoms with Crippen LogP contribution in [0.15, 0.2) is 24.3 Å². The van der Waals surface area contributed by atoms with Crippen molar-refractivity contribution in [3.05, 3.63) is 42.6 Å². The third-order valence-corrected chi connectivity index (χ3v) is 1.61. The van der Waals surface area contributed by atoms with Gasteiger partial charge in [0.25, 0.3) is 0 Å². The number of hydrogen-bond acceptors (Lipinski definition) is 0. The van der Waals surface area contributed by atoms with E-state index in [9.17, 15) is 4.39 Å². The monoisotopic (exact) mass is 151 g/mol. The van der Waals surface area contributed by atoms with Gasteiger partial charge in [-0.3, -0.25) is 0 Å².